The molecule has 0 aromatic heterocycles. The maximum absolute atomic E-state index is 14.9. The largest absolute Gasteiger partial charge is 0.507 e. The fourth-order valence-corrected chi connectivity index (χ4v) is 4.05. The van der Waals surface area contributed by atoms with Crippen LogP contribution in [0.25, 0.3) is 5.76 Å². The van der Waals surface area contributed by atoms with Gasteiger partial charge in [-0.1, -0.05) is 30.3 Å². The lowest BCUT2D eigenvalue weighted by Crippen LogP contribution is -2.30. The Bertz CT molecular complexity index is 1350. The minimum atomic E-state index is -4.61. The molecule has 0 aliphatic carbocycles. The quantitative estimate of drug-likeness (QED) is 0.195. The van der Waals surface area contributed by atoms with Gasteiger partial charge in [-0.05, 0) is 56.3 Å². The van der Waals surface area contributed by atoms with E-state index >= 15 is 0 Å². The number of halogens is 4. The zero-order chi connectivity index (χ0) is 26.2. The normalized spacial score (nSPS) is 17.6. The average Bonchev–Trinajstić information content (AvgIpc) is 3.08. The van der Waals surface area contributed by atoms with Gasteiger partial charge in [-0.25, -0.2) is 4.39 Å². The van der Waals surface area contributed by atoms with Crippen LogP contribution in [0.4, 0.5) is 23.2 Å². The summed E-state index contributed by atoms with van der Waals surface area (Å²) < 4.78 is 59.7. The third-order valence-electron chi connectivity index (χ3n) is 5.60. The van der Waals surface area contributed by atoms with Crippen molar-refractivity contribution in [2.75, 3.05) is 4.90 Å². The number of amides is 1. The van der Waals surface area contributed by atoms with Crippen LogP contribution in [0.2, 0.25) is 0 Å². The molecule has 1 aliphatic heterocycles. The van der Waals surface area contributed by atoms with E-state index in [1.54, 1.807) is 26.0 Å². The number of aliphatic hydroxyl groups is 1. The third-order valence-corrected chi connectivity index (χ3v) is 5.60. The third kappa shape index (κ3) is 4.68. The summed E-state index contributed by atoms with van der Waals surface area (Å²) >= 11 is 0. The van der Waals surface area contributed by atoms with Gasteiger partial charge >= 0.3 is 6.18 Å². The van der Waals surface area contributed by atoms with Gasteiger partial charge in [0, 0.05) is 16.8 Å². The van der Waals surface area contributed by atoms with Gasteiger partial charge in [0.2, 0.25) is 0 Å². The van der Waals surface area contributed by atoms with Gasteiger partial charge in [0.15, 0.2) is 0 Å². The van der Waals surface area contributed by atoms with Crippen LogP contribution in [0.3, 0.4) is 0 Å². The summed E-state index contributed by atoms with van der Waals surface area (Å²) in [6.45, 7) is 3.61. The Hall–Kier alpha value is -4.14. The molecular formula is C27H21F4NO4. The van der Waals surface area contributed by atoms with Crippen molar-refractivity contribution in [3.8, 4) is 5.75 Å². The number of hydrogen-bond acceptors (Lipinski definition) is 4. The van der Waals surface area contributed by atoms with E-state index in [1.807, 2.05) is 0 Å². The molecule has 1 N–H and O–H groups in total. The molecule has 0 radical (unpaired) electrons. The maximum atomic E-state index is 14.9. The van der Waals surface area contributed by atoms with Crippen LogP contribution < -0.4 is 9.64 Å². The van der Waals surface area contributed by atoms with Gasteiger partial charge in [-0.3, -0.25) is 14.5 Å². The molecule has 3 aromatic carbocycles. The van der Waals surface area contributed by atoms with Crippen molar-refractivity contribution in [2.24, 2.45) is 0 Å². The molecule has 1 heterocycles. The Morgan fingerprint density at radius 3 is 2.25 bits per heavy atom. The molecule has 1 unspecified atom stereocenters. The number of aliphatic hydroxyl groups excluding tert-OH is 1. The monoisotopic (exact) mass is 499 g/mol. The zero-order valence-corrected chi connectivity index (χ0v) is 19.2. The molecule has 186 valence electrons. The minimum Gasteiger partial charge on any atom is -0.507 e. The SMILES string of the molecule is CC(C)Oc1cccc(/C(O)=C2\C(=O)C(=O)N(c3ccc(C(F)(F)F)cc3)C2c2ccccc2F)c1. The van der Waals surface area contributed by atoms with E-state index in [2.05, 4.69) is 0 Å². The van der Waals surface area contributed by atoms with Crippen LogP contribution in [-0.4, -0.2) is 22.9 Å². The number of anilines is 1. The van der Waals surface area contributed by atoms with Crippen molar-refractivity contribution in [3.05, 3.63) is 101 Å². The first-order chi connectivity index (χ1) is 17.0. The Morgan fingerprint density at radius 1 is 0.972 bits per heavy atom. The molecule has 9 heteroatoms. The average molecular weight is 499 g/mol. The van der Waals surface area contributed by atoms with Crippen molar-refractivity contribution < 1.29 is 37.0 Å². The Kier molecular flexibility index (Phi) is 6.58. The van der Waals surface area contributed by atoms with Crippen LogP contribution in [0.1, 0.15) is 36.6 Å². The highest BCUT2D eigenvalue weighted by Gasteiger charge is 2.48. The van der Waals surface area contributed by atoms with E-state index in [9.17, 15) is 32.3 Å². The molecule has 1 aliphatic rings. The maximum Gasteiger partial charge on any atom is 0.416 e. The predicted octanol–water partition coefficient (Wildman–Crippen LogP) is 6.26. The van der Waals surface area contributed by atoms with Crippen LogP contribution in [0.5, 0.6) is 5.75 Å². The summed E-state index contributed by atoms with van der Waals surface area (Å²) in [7, 11) is 0. The summed E-state index contributed by atoms with van der Waals surface area (Å²) in [6.07, 6.45) is -4.79. The number of Topliss-reactive ketones (excluding diaryl/α,β-unsaturated/α-hetero) is 1. The Morgan fingerprint density at radius 2 is 1.64 bits per heavy atom. The van der Waals surface area contributed by atoms with Crippen LogP contribution in [0, 0.1) is 5.82 Å². The number of alkyl halides is 3. The highest BCUT2D eigenvalue weighted by atomic mass is 19.4. The van der Waals surface area contributed by atoms with Crippen molar-refractivity contribution in [1.82, 2.24) is 0 Å². The highest BCUT2D eigenvalue weighted by molar-refractivity contribution is 6.51. The number of nitrogens with zero attached hydrogens (tertiary/aromatic N) is 1. The Balaban J connectivity index is 1.90. The summed E-state index contributed by atoms with van der Waals surface area (Å²) in [5.41, 5.74) is -1.36. The molecule has 1 saturated heterocycles. The first-order valence-electron chi connectivity index (χ1n) is 11.0. The zero-order valence-electron chi connectivity index (χ0n) is 19.2. The molecule has 0 spiro atoms. The van der Waals surface area contributed by atoms with Crippen molar-refractivity contribution in [2.45, 2.75) is 32.2 Å². The highest BCUT2D eigenvalue weighted by Crippen LogP contribution is 2.43. The number of carbonyl (C=O) groups excluding carboxylic acids is 2. The second kappa shape index (κ2) is 9.49. The van der Waals surface area contributed by atoms with Gasteiger partial charge in [-0.2, -0.15) is 13.2 Å². The predicted molar refractivity (Wildman–Crippen MR) is 125 cm³/mol. The van der Waals surface area contributed by atoms with Gasteiger partial charge in [0.25, 0.3) is 11.7 Å². The molecule has 36 heavy (non-hydrogen) atoms. The summed E-state index contributed by atoms with van der Waals surface area (Å²) in [5.74, 6) is -3.14. The van der Waals surface area contributed by atoms with Gasteiger partial charge in [0.1, 0.15) is 17.3 Å². The Labute approximate surface area is 204 Å². The number of rotatable bonds is 5. The topological polar surface area (TPSA) is 66.8 Å². The lowest BCUT2D eigenvalue weighted by molar-refractivity contribution is -0.137. The number of benzene rings is 3. The molecule has 5 nitrogen and oxygen atoms in total. The number of hydrogen-bond donors (Lipinski definition) is 1. The standard InChI is InChI=1S/C27H21F4NO4/c1-15(2)36-19-7-5-6-16(14-19)24(33)22-23(20-8-3-4-9-21(20)28)32(26(35)25(22)34)18-12-10-17(11-13-18)27(29,30)31/h3-15,23,33H,1-2H3/b24-22+. The first kappa shape index (κ1) is 25.0. The van der Waals surface area contributed by atoms with E-state index in [1.165, 1.54) is 30.3 Å². The molecule has 1 atom stereocenters. The van der Waals surface area contributed by atoms with E-state index in [0.717, 1.165) is 35.2 Å². The molecule has 1 amide bonds. The minimum absolute atomic E-state index is 0.0608. The van der Waals surface area contributed by atoms with E-state index in [-0.39, 0.29) is 22.9 Å². The fraction of sp³-hybridized carbons (Fsp3) is 0.185. The van der Waals surface area contributed by atoms with E-state index in [4.69, 9.17) is 4.74 Å². The smallest absolute Gasteiger partial charge is 0.416 e. The van der Waals surface area contributed by atoms with Crippen molar-refractivity contribution in [3.63, 3.8) is 0 Å². The van der Waals surface area contributed by atoms with Crippen LogP contribution in [-0.2, 0) is 15.8 Å². The number of ether oxygens (including phenoxy) is 1. The van der Waals surface area contributed by atoms with E-state index in [0.29, 0.717) is 5.75 Å². The second-order valence-corrected chi connectivity index (χ2v) is 8.43. The van der Waals surface area contributed by atoms with Gasteiger partial charge in [-0.15, -0.1) is 0 Å². The second-order valence-electron chi connectivity index (χ2n) is 8.43. The molecule has 0 saturated carbocycles. The summed E-state index contributed by atoms with van der Waals surface area (Å²) in [6, 6.07) is 13.7. The molecular weight excluding hydrogens is 478 g/mol. The van der Waals surface area contributed by atoms with Crippen molar-refractivity contribution in [1.29, 1.82) is 0 Å². The van der Waals surface area contributed by atoms with Crippen LogP contribution >= 0.6 is 0 Å². The van der Waals surface area contributed by atoms with Crippen molar-refractivity contribution >= 4 is 23.1 Å². The van der Waals surface area contributed by atoms with E-state index < -0.39 is 46.6 Å². The summed E-state index contributed by atoms with van der Waals surface area (Å²) in [5, 5.41) is 11.2. The van der Waals surface area contributed by atoms with Gasteiger partial charge in [0.05, 0.1) is 23.3 Å². The fourth-order valence-electron chi connectivity index (χ4n) is 4.05. The lowest BCUT2D eigenvalue weighted by Gasteiger charge is -2.26. The van der Waals surface area contributed by atoms with Gasteiger partial charge < -0.3 is 9.84 Å². The number of ketones is 1. The number of carbonyl (C=O) groups is 2. The molecule has 0 bridgehead atoms. The molecule has 4 rings (SSSR count). The molecule has 1 fully saturated rings. The van der Waals surface area contributed by atoms with Crippen LogP contribution in [0.15, 0.2) is 78.4 Å². The molecule has 3 aromatic rings. The summed E-state index contributed by atoms with van der Waals surface area (Å²) in [4.78, 5) is 27.1. The lowest BCUT2D eigenvalue weighted by atomic mass is 9.94. The first-order valence-corrected chi connectivity index (χ1v) is 11.0.